The zero-order valence-electron chi connectivity index (χ0n) is 3.94. The number of rotatable bonds is 1. The minimum Gasteiger partial charge on any atom is -0.331 e. The van der Waals surface area contributed by atoms with Crippen molar-refractivity contribution < 1.29 is 27.8 Å². The van der Waals surface area contributed by atoms with E-state index < -0.39 is 15.4 Å². The molecule has 0 aliphatic heterocycles. The third-order valence-corrected chi connectivity index (χ3v) is 0.844. The summed E-state index contributed by atoms with van der Waals surface area (Å²) in [6.07, 6.45) is 0. The average Bonchev–Trinajstić information content (AvgIpc) is 1.64. The Kier molecular flexibility index (Phi) is 2.52. The van der Waals surface area contributed by atoms with Crippen molar-refractivity contribution in [2.75, 3.05) is 0 Å². The van der Waals surface area contributed by atoms with E-state index in [4.69, 9.17) is 9.76 Å². The number of hydrogen-bond acceptors (Lipinski definition) is 6. The van der Waals surface area contributed by atoms with Gasteiger partial charge in [-0.25, -0.2) is 4.79 Å². The molecule has 0 aromatic carbocycles. The second-order valence-corrected chi connectivity index (χ2v) is 2.20. The summed E-state index contributed by atoms with van der Waals surface area (Å²) in [6.45, 7) is 0. The summed E-state index contributed by atoms with van der Waals surface area (Å²) < 4.78 is 27.1. The number of nitrogens with one attached hydrogen (secondary N) is 1. The molecule has 8 heteroatoms. The van der Waals surface area contributed by atoms with Gasteiger partial charge in [0.2, 0.25) is 0 Å². The van der Waals surface area contributed by atoms with E-state index in [1.165, 1.54) is 0 Å². The normalized spacial score (nSPS) is 10.9. The van der Waals surface area contributed by atoms with Crippen molar-refractivity contribution in [2.45, 2.75) is 0 Å². The van der Waals surface area contributed by atoms with Crippen LogP contribution < -0.4 is 5.64 Å². The molecule has 0 aliphatic rings. The Morgan fingerprint density at radius 1 is 1.56 bits per heavy atom. The SMILES string of the molecule is O=C(ONO)S(=O)(=O)O. The molecular weight excluding hydrogens is 154 g/mol. The summed E-state index contributed by atoms with van der Waals surface area (Å²) in [4.78, 5) is 13.0. The molecule has 0 aromatic heterocycles. The lowest BCUT2D eigenvalue weighted by Crippen LogP contribution is -2.21. The fourth-order valence-electron chi connectivity index (χ4n) is 0.0899. The predicted molar refractivity (Wildman–Crippen MR) is 23.0 cm³/mol. The van der Waals surface area contributed by atoms with Gasteiger partial charge in [0.15, 0.2) is 0 Å². The van der Waals surface area contributed by atoms with Gasteiger partial charge in [-0.2, -0.15) is 8.42 Å². The van der Waals surface area contributed by atoms with Gasteiger partial charge < -0.3 is 4.84 Å². The molecule has 0 radical (unpaired) electrons. The van der Waals surface area contributed by atoms with Crippen LogP contribution in [0.5, 0.6) is 0 Å². The number of carbonyl (C=O) groups is 1. The van der Waals surface area contributed by atoms with E-state index in [1.54, 1.807) is 0 Å². The first kappa shape index (κ1) is 8.30. The topological polar surface area (TPSA) is 113 Å². The van der Waals surface area contributed by atoms with Crippen LogP contribution in [0.3, 0.4) is 0 Å². The van der Waals surface area contributed by atoms with Gasteiger partial charge in [0.1, 0.15) is 0 Å². The summed E-state index contributed by atoms with van der Waals surface area (Å²) in [5.41, 5.74) is 0.785. The van der Waals surface area contributed by atoms with Crippen molar-refractivity contribution in [1.29, 1.82) is 0 Å². The summed E-state index contributed by atoms with van der Waals surface area (Å²) in [7, 11) is -4.85. The Morgan fingerprint density at radius 3 is 2.11 bits per heavy atom. The van der Waals surface area contributed by atoms with Crippen LogP contribution in [0.1, 0.15) is 0 Å². The lowest BCUT2D eigenvalue weighted by Gasteiger charge is -1.93. The maximum Gasteiger partial charge on any atom is 0.472 e. The van der Waals surface area contributed by atoms with Gasteiger partial charge in [-0.15, -0.1) is 0 Å². The fraction of sp³-hybridized carbons (Fsp3) is 0. The van der Waals surface area contributed by atoms with Crippen LogP contribution >= 0.6 is 0 Å². The summed E-state index contributed by atoms with van der Waals surface area (Å²) in [5.74, 6) is 0. The highest BCUT2D eigenvalue weighted by Gasteiger charge is 2.19. The van der Waals surface area contributed by atoms with Gasteiger partial charge in [-0.3, -0.25) is 9.76 Å². The third kappa shape index (κ3) is 2.98. The van der Waals surface area contributed by atoms with Crippen molar-refractivity contribution in [3.8, 4) is 0 Å². The molecule has 0 aliphatic carbocycles. The van der Waals surface area contributed by atoms with E-state index in [0.717, 1.165) is 5.64 Å². The molecule has 0 spiro atoms. The molecule has 0 bridgehead atoms. The molecule has 0 unspecified atom stereocenters. The second-order valence-electron chi connectivity index (χ2n) is 0.918. The highest BCUT2D eigenvalue weighted by Crippen LogP contribution is 1.86. The van der Waals surface area contributed by atoms with Crippen molar-refractivity contribution in [1.82, 2.24) is 5.64 Å². The van der Waals surface area contributed by atoms with Gasteiger partial charge in [0, 0.05) is 0 Å². The van der Waals surface area contributed by atoms with Crippen LogP contribution in [0.2, 0.25) is 0 Å². The van der Waals surface area contributed by atoms with E-state index in [0.29, 0.717) is 0 Å². The van der Waals surface area contributed by atoms with Gasteiger partial charge >= 0.3 is 15.4 Å². The lowest BCUT2D eigenvalue weighted by molar-refractivity contribution is -0.0685. The third-order valence-electron chi connectivity index (χ3n) is 0.340. The largest absolute Gasteiger partial charge is 0.472 e. The zero-order chi connectivity index (χ0) is 7.49. The number of hydrogen-bond donors (Lipinski definition) is 3. The molecule has 7 nitrogen and oxygen atoms in total. The quantitative estimate of drug-likeness (QED) is 0.327. The minimum atomic E-state index is -4.85. The molecule has 54 valence electrons. The van der Waals surface area contributed by atoms with Gasteiger partial charge in [0.25, 0.3) is 0 Å². The fourth-order valence-corrected chi connectivity index (χ4v) is 0.232. The van der Waals surface area contributed by atoms with Crippen molar-refractivity contribution in [3.63, 3.8) is 0 Å². The zero-order valence-corrected chi connectivity index (χ0v) is 4.75. The molecule has 0 saturated carbocycles. The van der Waals surface area contributed by atoms with Crippen LogP contribution in [-0.4, -0.2) is 23.5 Å². The molecule has 3 N–H and O–H groups in total. The number of carbonyl (C=O) groups excluding carboxylic acids is 1. The molecule has 9 heavy (non-hydrogen) atoms. The van der Waals surface area contributed by atoms with Gasteiger partial charge in [0.05, 0.1) is 0 Å². The van der Waals surface area contributed by atoms with E-state index in [2.05, 4.69) is 4.84 Å². The minimum absolute atomic E-state index is 0.785. The maximum atomic E-state index is 9.78. The summed E-state index contributed by atoms with van der Waals surface area (Å²) in [6, 6.07) is 0. The van der Waals surface area contributed by atoms with Gasteiger partial charge in [-0.1, -0.05) is 0 Å². The van der Waals surface area contributed by atoms with E-state index in [-0.39, 0.29) is 0 Å². The Hall–Kier alpha value is -0.700. The predicted octanol–water partition coefficient (Wildman–Crippen LogP) is -1.10. The van der Waals surface area contributed by atoms with Crippen LogP contribution in [0.25, 0.3) is 0 Å². The highest BCUT2D eigenvalue weighted by molar-refractivity contribution is 8.00. The summed E-state index contributed by atoms with van der Waals surface area (Å²) >= 11 is 0. The van der Waals surface area contributed by atoms with Crippen LogP contribution in [-0.2, 0) is 15.0 Å². The monoisotopic (exact) mass is 157 g/mol. The summed E-state index contributed by atoms with van der Waals surface area (Å²) in [5, 5.41) is 5.56. The molecular formula is CH3NO6S. The Balaban J connectivity index is 4.08. The highest BCUT2D eigenvalue weighted by atomic mass is 32.2. The molecule has 0 rings (SSSR count). The van der Waals surface area contributed by atoms with Crippen molar-refractivity contribution >= 4 is 15.4 Å². The van der Waals surface area contributed by atoms with E-state index >= 15 is 0 Å². The van der Waals surface area contributed by atoms with Crippen LogP contribution in [0, 0.1) is 0 Å². The Bertz CT molecular complexity index is 191. The molecule has 0 amide bonds. The molecule has 0 atom stereocenters. The van der Waals surface area contributed by atoms with Gasteiger partial charge in [-0.05, 0) is 5.64 Å². The van der Waals surface area contributed by atoms with Crippen LogP contribution in [0.15, 0.2) is 0 Å². The Morgan fingerprint density at radius 2 is 2.00 bits per heavy atom. The van der Waals surface area contributed by atoms with Crippen molar-refractivity contribution in [2.24, 2.45) is 0 Å². The van der Waals surface area contributed by atoms with E-state index in [1.807, 2.05) is 0 Å². The smallest absolute Gasteiger partial charge is 0.331 e. The molecule has 0 fully saturated rings. The average molecular weight is 157 g/mol. The maximum absolute atomic E-state index is 9.78. The van der Waals surface area contributed by atoms with E-state index in [9.17, 15) is 13.2 Å². The first-order chi connectivity index (χ1) is 3.98. The first-order valence-electron chi connectivity index (χ1n) is 1.56. The molecule has 0 heterocycles. The Labute approximate surface area is 49.9 Å². The van der Waals surface area contributed by atoms with Crippen LogP contribution in [0.4, 0.5) is 4.79 Å². The second kappa shape index (κ2) is 2.73. The lowest BCUT2D eigenvalue weighted by atomic mass is 11.6. The standard InChI is InChI=1S/CH3NO6S/c3-1(8-2-4)9(5,6)7/h2,4H,(H,5,6,7). The molecule has 0 aromatic rings. The molecule has 0 saturated heterocycles. The first-order valence-corrected chi connectivity index (χ1v) is 3.00. The van der Waals surface area contributed by atoms with Crippen molar-refractivity contribution in [3.05, 3.63) is 0 Å².